The second-order valence-corrected chi connectivity index (χ2v) is 9.27. The zero-order valence-corrected chi connectivity index (χ0v) is 19.5. The van der Waals surface area contributed by atoms with E-state index in [-0.39, 0.29) is 25.0 Å². The van der Waals surface area contributed by atoms with Crippen LogP contribution in [0, 0.1) is 11.8 Å². The number of hydrogen-bond acceptors (Lipinski definition) is 4. The number of ether oxygens (including phenoxy) is 1. The van der Waals surface area contributed by atoms with Crippen LogP contribution in [0.5, 0.6) is 0 Å². The van der Waals surface area contributed by atoms with Crippen LogP contribution >= 0.6 is 0 Å². The van der Waals surface area contributed by atoms with Crippen LogP contribution in [-0.2, 0) is 14.3 Å². The van der Waals surface area contributed by atoms with Gasteiger partial charge in [0, 0.05) is 12.5 Å². The average molecular weight is 465 g/mol. The highest BCUT2D eigenvalue weighted by molar-refractivity contribution is 5.86. The number of rotatable bonds is 11. The van der Waals surface area contributed by atoms with Crippen molar-refractivity contribution in [1.82, 2.24) is 10.6 Å². The van der Waals surface area contributed by atoms with Gasteiger partial charge in [0.2, 0.25) is 5.91 Å². The number of alkyl carbamates (subject to hydrolysis) is 1. The Balaban J connectivity index is 1.36. The lowest BCUT2D eigenvalue weighted by molar-refractivity contribution is -0.142. The quantitative estimate of drug-likeness (QED) is 0.460. The smallest absolute Gasteiger partial charge is 0.407 e. The van der Waals surface area contributed by atoms with Gasteiger partial charge < -0.3 is 20.5 Å². The summed E-state index contributed by atoms with van der Waals surface area (Å²) in [5.41, 5.74) is 4.55. The molecule has 0 radical (unpaired) electrons. The molecule has 2 atom stereocenters. The number of carbonyl (C=O) groups excluding carboxylic acids is 2. The predicted octanol–water partition coefficient (Wildman–Crippen LogP) is 4.31. The van der Waals surface area contributed by atoms with E-state index in [9.17, 15) is 19.5 Å². The summed E-state index contributed by atoms with van der Waals surface area (Å²) in [7, 11) is 0. The van der Waals surface area contributed by atoms with E-state index in [1.165, 1.54) is 0 Å². The number of carboxylic acids is 1. The monoisotopic (exact) mass is 464 g/mol. The normalized spacial score (nSPS) is 16.1. The van der Waals surface area contributed by atoms with Gasteiger partial charge in [-0.25, -0.2) is 4.79 Å². The molecular formula is C27H32N2O5. The molecule has 3 N–H and O–H groups in total. The van der Waals surface area contributed by atoms with E-state index >= 15 is 0 Å². The molecule has 2 aliphatic carbocycles. The third kappa shape index (κ3) is 5.58. The minimum Gasteiger partial charge on any atom is -0.481 e. The van der Waals surface area contributed by atoms with E-state index in [2.05, 4.69) is 34.9 Å². The maximum atomic E-state index is 12.8. The van der Waals surface area contributed by atoms with Gasteiger partial charge in [-0.2, -0.15) is 0 Å². The van der Waals surface area contributed by atoms with Crippen molar-refractivity contribution in [3.63, 3.8) is 0 Å². The Morgan fingerprint density at radius 3 is 2.21 bits per heavy atom. The predicted molar refractivity (Wildman–Crippen MR) is 128 cm³/mol. The van der Waals surface area contributed by atoms with Gasteiger partial charge in [0.25, 0.3) is 0 Å². The second-order valence-electron chi connectivity index (χ2n) is 9.27. The van der Waals surface area contributed by atoms with E-state index in [1.54, 1.807) is 0 Å². The minimum atomic E-state index is -0.926. The lowest BCUT2D eigenvalue weighted by Crippen LogP contribution is -2.48. The number of amides is 2. The number of carbonyl (C=O) groups is 3. The molecule has 0 aliphatic heterocycles. The van der Waals surface area contributed by atoms with Crippen molar-refractivity contribution in [3.8, 4) is 11.1 Å². The van der Waals surface area contributed by atoms with Gasteiger partial charge in [-0.1, -0.05) is 74.7 Å². The molecule has 0 heterocycles. The van der Waals surface area contributed by atoms with Crippen LogP contribution in [0.3, 0.4) is 0 Å². The standard InChI is InChI=1S/C27H32N2O5/c1-2-7-18(26(31)32)15-28-25(30)24(14-17-12-13-17)29-27(33)34-16-23-21-10-5-3-8-19(21)20-9-4-6-11-22(20)23/h3-6,8-11,17-18,23-24H,2,7,12-16H2,1H3,(H,28,30)(H,29,33)(H,31,32). The van der Waals surface area contributed by atoms with Crippen LogP contribution in [0.2, 0.25) is 0 Å². The summed E-state index contributed by atoms with van der Waals surface area (Å²) >= 11 is 0. The number of nitrogens with one attached hydrogen (secondary N) is 2. The van der Waals surface area contributed by atoms with Crippen molar-refractivity contribution >= 4 is 18.0 Å². The number of benzene rings is 2. The van der Waals surface area contributed by atoms with E-state index < -0.39 is 24.0 Å². The van der Waals surface area contributed by atoms with Gasteiger partial charge in [-0.15, -0.1) is 0 Å². The molecule has 7 nitrogen and oxygen atoms in total. The molecule has 2 aliphatic rings. The first-order chi connectivity index (χ1) is 16.5. The van der Waals surface area contributed by atoms with Crippen LogP contribution in [0.25, 0.3) is 11.1 Å². The van der Waals surface area contributed by atoms with Crippen LogP contribution in [0.4, 0.5) is 4.79 Å². The Morgan fingerprint density at radius 2 is 1.65 bits per heavy atom. The summed E-state index contributed by atoms with van der Waals surface area (Å²) in [4.78, 5) is 36.9. The van der Waals surface area contributed by atoms with E-state index in [0.717, 1.165) is 41.5 Å². The molecule has 2 unspecified atom stereocenters. The van der Waals surface area contributed by atoms with Crippen molar-refractivity contribution in [1.29, 1.82) is 0 Å². The fraction of sp³-hybridized carbons (Fsp3) is 0.444. The summed E-state index contributed by atoms with van der Waals surface area (Å²) in [6.07, 6.45) is 3.17. The molecule has 1 saturated carbocycles. The van der Waals surface area contributed by atoms with Crippen molar-refractivity contribution in [2.45, 2.75) is 51.0 Å². The third-order valence-electron chi connectivity index (χ3n) is 6.73. The van der Waals surface area contributed by atoms with Gasteiger partial charge in [0.05, 0.1) is 5.92 Å². The minimum absolute atomic E-state index is 0.0511. The molecule has 4 rings (SSSR count). The lowest BCUT2D eigenvalue weighted by Gasteiger charge is -2.21. The summed E-state index contributed by atoms with van der Waals surface area (Å²) in [5.74, 6) is -1.58. The summed E-state index contributed by atoms with van der Waals surface area (Å²) in [5, 5.41) is 14.8. The second kappa shape index (κ2) is 10.7. The zero-order valence-electron chi connectivity index (χ0n) is 19.5. The van der Waals surface area contributed by atoms with Crippen molar-refractivity contribution in [2.75, 3.05) is 13.2 Å². The van der Waals surface area contributed by atoms with Gasteiger partial charge in [0.15, 0.2) is 0 Å². The van der Waals surface area contributed by atoms with Gasteiger partial charge in [-0.05, 0) is 41.0 Å². The number of carboxylic acid groups (broad SMARTS) is 1. The molecule has 2 amide bonds. The molecule has 0 aromatic heterocycles. The Labute approximate surface area is 199 Å². The molecule has 0 spiro atoms. The molecule has 7 heteroatoms. The third-order valence-corrected chi connectivity index (χ3v) is 6.73. The number of fused-ring (bicyclic) bond motifs is 3. The average Bonchev–Trinajstić information content (AvgIpc) is 3.60. The molecule has 180 valence electrons. The molecule has 2 aromatic rings. The molecule has 0 saturated heterocycles. The zero-order chi connectivity index (χ0) is 24.1. The van der Waals surface area contributed by atoms with Crippen LogP contribution in [-0.4, -0.2) is 42.3 Å². The largest absolute Gasteiger partial charge is 0.481 e. The molecule has 1 fully saturated rings. The molecule has 0 bridgehead atoms. The van der Waals surface area contributed by atoms with Gasteiger partial charge >= 0.3 is 12.1 Å². The number of aliphatic carboxylic acids is 1. The fourth-order valence-electron chi connectivity index (χ4n) is 4.71. The van der Waals surface area contributed by atoms with E-state index in [0.29, 0.717) is 18.8 Å². The van der Waals surface area contributed by atoms with Crippen LogP contribution in [0.15, 0.2) is 48.5 Å². The molecular weight excluding hydrogens is 432 g/mol. The first-order valence-corrected chi connectivity index (χ1v) is 12.1. The summed E-state index contributed by atoms with van der Waals surface area (Å²) in [6.45, 7) is 2.14. The Morgan fingerprint density at radius 1 is 1.03 bits per heavy atom. The highest BCUT2D eigenvalue weighted by Gasteiger charge is 2.33. The summed E-state index contributed by atoms with van der Waals surface area (Å²) < 4.78 is 5.60. The number of hydrogen-bond donors (Lipinski definition) is 3. The highest BCUT2D eigenvalue weighted by Crippen LogP contribution is 2.44. The van der Waals surface area contributed by atoms with Crippen molar-refractivity contribution in [3.05, 3.63) is 59.7 Å². The highest BCUT2D eigenvalue weighted by atomic mass is 16.5. The Kier molecular flexibility index (Phi) is 7.50. The van der Waals surface area contributed by atoms with Gasteiger partial charge in [-0.3, -0.25) is 9.59 Å². The maximum Gasteiger partial charge on any atom is 0.407 e. The fourth-order valence-corrected chi connectivity index (χ4v) is 4.71. The first kappa shape index (κ1) is 23.8. The Bertz CT molecular complexity index is 1000. The van der Waals surface area contributed by atoms with Crippen molar-refractivity contribution < 1.29 is 24.2 Å². The van der Waals surface area contributed by atoms with E-state index in [1.807, 2.05) is 31.2 Å². The van der Waals surface area contributed by atoms with E-state index in [4.69, 9.17) is 4.74 Å². The molecule has 34 heavy (non-hydrogen) atoms. The topological polar surface area (TPSA) is 105 Å². The van der Waals surface area contributed by atoms with Gasteiger partial charge in [0.1, 0.15) is 12.6 Å². The SMILES string of the molecule is CCCC(CNC(=O)C(CC1CC1)NC(=O)OCC1c2ccccc2-c2ccccc21)C(=O)O. The summed E-state index contributed by atoms with van der Waals surface area (Å²) in [6, 6.07) is 15.5. The van der Waals surface area contributed by atoms with Crippen LogP contribution in [0.1, 0.15) is 56.1 Å². The molecule has 2 aromatic carbocycles. The maximum absolute atomic E-state index is 12.8. The van der Waals surface area contributed by atoms with Crippen LogP contribution < -0.4 is 10.6 Å². The Hall–Kier alpha value is -3.35. The van der Waals surface area contributed by atoms with Crippen molar-refractivity contribution in [2.24, 2.45) is 11.8 Å². The first-order valence-electron chi connectivity index (χ1n) is 12.1. The lowest BCUT2D eigenvalue weighted by atomic mass is 9.98.